The molecule has 1 aliphatic carbocycles. The fourth-order valence-electron chi connectivity index (χ4n) is 3.78. The smallest absolute Gasteiger partial charge is 0.307 e. The topological polar surface area (TPSA) is 51.0 Å². The first-order valence-corrected chi connectivity index (χ1v) is 10.8. The molecular formula is C22H21F3N4OS. The second-order valence-electron chi connectivity index (χ2n) is 7.40. The van der Waals surface area contributed by atoms with Gasteiger partial charge in [-0.3, -0.25) is 9.36 Å². The monoisotopic (exact) mass is 446 g/mol. The van der Waals surface area contributed by atoms with Crippen molar-refractivity contribution in [3.05, 3.63) is 65.1 Å². The predicted octanol–water partition coefficient (Wildman–Crippen LogP) is 4.88. The summed E-state index contributed by atoms with van der Waals surface area (Å²) in [6.45, 7) is 1.99. The van der Waals surface area contributed by atoms with Gasteiger partial charge < -0.3 is 4.90 Å². The van der Waals surface area contributed by atoms with Crippen molar-refractivity contribution in [1.29, 1.82) is 0 Å². The van der Waals surface area contributed by atoms with Gasteiger partial charge in [-0.15, -0.1) is 0 Å². The van der Waals surface area contributed by atoms with Gasteiger partial charge in [0.25, 0.3) is 0 Å². The Labute approximate surface area is 182 Å². The van der Waals surface area contributed by atoms with Gasteiger partial charge in [-0.1, -0.05) is 36.0 Å². The van der Waals surface area contributed by atoms with E-state index in [2.05, 4.69) is 9.55 Å². The maximum absolute atomic E-state index is 12.9. The van der Waals surface area contributed by atoms with Gasteiger partial charge in [0.1, 0.15) is 5.82 Å². The molecule has 4 rings (SSSR count). The molecule has 162 valence electrons. The summed E-state index contributed by atoms with van der Waals surface area (Å²) in [5, 5.41) is 0.756. The maximum Gasteiger partial charge on any atom is 0.471 e. The molecule has 0 aliphatic heterocycles. The van der Waals surface area contributed by atoms with E-state index in [1.807, 2.05) is 19.1 Å². The van der Waals surface area contributed by atoms with Gasteiger partial charge in [0.2, 0.25) is 0 Å². The number of thioether (sulfide) groups is 1. The van der Waals surface area contributed by atoms with Crippen molar-refractivity contribution < 1.29 is 18.0 Å². The van der Waals surface area contributed by atoms with Gasteiger partial charge in [0, 0.05) is 30.4 Å². The van der Waals surface area contributed by atoms with E-state index < -0.39 is 12.1 Å². The standard InChI is InChI=1S/C22H21F3N4OS/c1-14-7-6-12-26-19(14)29-18-11-5-9-16(18)27-21(29)31-13-15-8-3-4-10-17(15)28(2)20(30)22(23,24)25/h3-4,6-8,10,12H,5,9,11,13H2,1-2H3. The van der Waals surface area contributed by atoms with E-state index >= 15 is 0 Å². The zero-order chi connectivity index (χ0) is 22.2. The van der Waals surface area contributed by atoms with Crippen LogP contribution >= 0.6 is 11.8 Å². The van der Waals surface area contributed by atoms with Crippen molar-refractivity contribution in [3.63, 3.8) is 0 Å². The van der Waals surface area contributed by atoms with Crippen molar-refractivity contribution in [1.82, 2.24) is 14.5 Å². The minimum atomic E-state index is -4.93. The SMILES string of the molecule is Cc1cccnc1-n1c(SCc2ccccc2N(C)C(=O)C(F)(F)F)nc2c1CCC2. The molecule has 9 heteroatoms. The number of nitrogens with zero attached hydrogens (tertiary/aromatic N) is 4. The Morgan fingerprint density at radius 1 is 1.19 bits per heavy atom. The number of rotatable bonds is 5. The molecule has 0 saturated carbocycles. The van der Waals surface area contributed by atoms with Crippen LogP contribution in [0.1, 0.15) is 28.9 Å². The minimum Gasteiger partial charge on any atom is -0.307 e. The summed E-state index contributed by atoms with van der Waals surface area (Å²) in [6.07, 6.45) is -0.325. The first-order chi connectivity index (χ1) is 14.8. The fraction of sp³-hybridized carbons (Fsp3) is 0.318. The summed E-state index contributed by atoms with van der Waals surface area (Å²) in [6, 6.07) is 10.5. The highest BCUT2D eigenvalue weighted by Crippen LogP contribution is 2.35. The van der Waals surface area contributed by atoms with Crippen LogP contribution in [0.2, 0.25) is 0 Å². The third kappa shape index (κ3) is 4.19. The lowest BCUT2D eigenvalue weighted by molar-refractivity contribution is -0.170. The normalized spacial score (nSPS) is 13.3. The molecule has 31 heavy (non-hydrogen) atoms. The molecule has 0 radical (unpaired) electrons. The average molecular weight is 446 g/mol. The Balaban J connectivity index is 1.65. The quantitative estimate of drug-likeness (QED) is 0.524. The van der Waals surface area contributed by atoms with E-state index in [1.165, 1.54) is 17.8 Å². The Morgan fingerprint density at radius 2 is 1.97 bits per heavy atom. The van der Waals surface area contributed by atoms with Crippen LogP contribution in [0.25, 0.3) is 5.82 Å². The molecule has 5 nitrogen and oxygen atoms in total. The van der Waals surface area contributed by atoms with Gasteiger partial charge in [-0.05, 0) is 49.4 Å². The first-order valence-electron chi connectivity index (χ1n) is 9.85. The highest BCUT2D eigenvalue weighted by Gasteiger charge is 2.42. The number of amides is 1. The number of carbonyl (C=O) groups excluding carboxylic acids is 1. The lowest BCUT2D eigenvalue weighted by atomic mass is 10.2. The second kappa shape index (κ2) is 8.37. The molecule has 1 aromatic carbocycles. The molecule has 0 spiro atoms. The summed E-state index contributed by atoms with van der Waals surface area (Å²) >= 11 is 1.43. The van der Waals surface area contributed by atoms with E-state index in [9.17, 15) is 18.0 Å². The van der Waals surface area contributed by atoms with E-state index in [-0.39, 0.29) is 5.69 Å². The maximum atomic E-state index is 12.9. The molecule has 0 fully saturated rings. The number of imidazole rings is 1. The number of aryl methyl sites for hydroxylation is 2. The number of fused-ring (bicyclic) bond motifs is 1. The zero-order valence-corrected chi connectivity index (χ0v) is 17.9. The molecule has 0 N–H and O–H groups in total. The van der Waals surface area contributed by atoms with E-state index in [0.717, 1.165) is 54.2 Å². The average Bonchev–Trinajstić information content (AvgIpc) is 3.32. The van der Waals surface area contributed by atoms with Crippen molar-refractivity contribution in [3.8, 4) is 5.82 Å². The highest BCUT2D eigenvalue weighted by atomic mass is 32.2. The van der Waals surface area contributed by atoms with Crippen molar-refractivity contribution in [2.45, 2.75) is 43.3 Å². The molecule has 3 aromatic rings. The number of halogens is 3. The largest absolute Gasteiger partial charge is 0.471 e. The zero-order valence-electron chi connectivity index (χ0n) is 17.1. The van der Waals surface area contributed by atoms with Crippen molar-refractivity contribution in [2.75, 3.05) is 11.9 Å². The van der Waals surface area contributed by atoms with Crippen molar-refractivity contribution >= 4 is 23.4 Å². The Morgan fingerprint density at radius 3 is 2.71 bits per heavy atom. The number of hydrogen-bond acceptors (Lipinski definition) is 4. The number of alkyl halides is 3. The Kier molecular flexibility index (Phi) is 5.79. The molecular weight excluding hydrogens is 425 g/mol. The van der Waals surface area contributed by atoms with Crippen LogP contribution in [0.15, 0.2) is 47.8 Å². The lowest BCUT2D eigenvalue weighted by Gasteiger charge is -2.21. The Bertz CT molecular complexity index is 1130. The third-order valence-electron chi connectivity index (χ3n) is 5.30. The van der Waals surface area contributed by atoms with Gasteiger partial charge in [-0.25, -0.2) is 9.97 Å². The Hall–Kier alpha value is -2.81. The summed E-state index contributed by atoms with van der Waals surface area (Å²) in [4.78, 5) is 21.7. The van der Waals surface area contributed by atoms with Crippen LogP contribution in [0.4, 0.5) is 18.9 Å². The first kappa shape index (κ1) is 21.4. The summed E-state index contributed by atoms with van der Waals surface area (Å²) in [5.74, 6) is -0.708. The van der Waals surface area contributed by atoms with Crippen LogP contribution in [0.3, 0.4) is 0 Å². The number of hydrogen-bond donors (Lipinski definition) is 0. The molecule has 0 bridgehead atoms. The summed E-state index contributed by atoms with van der Waals surface area (Å²) in [5.41, 5.74) is 4.07. The number of anilines is 1. The number of carbonyl (C=O) groups is 1. The summed E-state index contributed by atoms with van der Waals surface area (Å²) in [7, 11) is 1.14. The van der Waals surface area contributed by atoms with Crippen LogP contribution < -0.4 is 4.90 Å². The van der Waals surface area contributed by atoms with Crippen LogP contribution in [-0.4, -0.2) is 33.7 Å². The predicted molar refractivity (Wildman–Crippen MR) is 114 cm³/mol. The molecule has 0 unspecified atom stereocenters. The molecule has 0 saturated heterocycles. The van der Waals surface area contributed by atoms with E-state index in [1.54, 1.807) is 24.4 Å². The number of aromatic nitrogens is 3. The highest BCUT2D eigenvalue weighted by molar-refractivity contribution is 7.98. The summed E-state index contributed by atoms with van der Waals surface area (Å²) < 4.78 is 40.8. The molecule has 0 atom stereocenters. The molecule has 2 aromatic heterocycles. The van der Waals surface area contributed by atoms with Gasteiger partial charge in [0.05, 0.1) is 5.69 Å². The third-order valence-corrected chi connectivity index (χ3v) is 6.29. The second-order valence-corrected chi connectivity index (χ2v) is 8.34. The van der Waals surface area contributed by atoms with E-state index in [0.29, 0.717) is 16.2 Å². The fourth-order valence-corrected chi connectivity index (χ4v) is 4.81. The van der Waals surface area contributed by atoms with Gasteiger partial charge in [-0.2, -0.15) is 13.2 Å². The van der Waals surface area contributed by atoms with Crippen LogP contribution in [0, 0.1) is 6.92 Å². The number of benzene rings is 1. The van der Waals surface area contributed by atoms with Gasteiger partial charge >= 0.3 is 12.1 Å². The van der Waals surface area contributed by atoms with Gasteiger partial charge in [0.15, 0.2) is 5.16 Å². The van der Waals surface area contributed by atoms with Crippen molar-refractivity contribution in [2.24, 2.45) is 0 Å². The van der Waals surface area contributed by atoms with Crippen LogP contribution in [0.5, 0.6) is 0 Å². The molecule has 1 aliphatic rings. The van der Waals surface area contributed by atoms with Crippen LogP contribution in [-0.2, 0) is 23.4 Å². The minimum absolute atomic E-state index is 0.233. The number of pyridine rings is 1. The lowest BCUT2D eigenvalue weighted by Crippen LogP contribution is -2.38. The molecule has 1 amide bonds. The van der Waals surface area contributed by atoms with E-state index in [4.69, 9.17) is 4.98 Å². The number of para-hydroxylation sites is 1. The molecule has 2 heterocycles.